The molecule has 0 spiro atoms. The predicted molar refractivity (Wildman–Crippen MR) is 103 cm³/mol. The quantitative estimate of drug-likeness (QED) is 0.682. The zero-order valence-electron chi connectivity index (χ0n) is 15.1. The zero-order valence-corrected chi connectivity index (χ0v) is 15.8. The maximum absolute atomic E-state index is 12.6. The summed E-state index contributed by atoms with van der Waals surface area (Å²) in [5.74, 6) is -0.124. The predicted octanol–water partition coefficient (Wildman–Crippen LogP) is 3.25. The molecule has 0 aromatic heterocycles. The molecule has 0 radical (unpaired) electrons. The van der Waals surface area contributed by atoms with Crippen LogP contribution in [-0.2, 0) is 4.79 Å². The summed E-state index contributed by atoms with van der Waals surface area (Å²) in [5.41, 5.74) is 5.87. The molecule has 2 rings (SSSR count). The van der Waals surface area contributed by atoms with Crippen molar-refractivity contribution in [3.63, 3.8) is 0 Å². The van der Waals surface area contributed by atoms with Gasteiger partial charge in [0.15, 0.2) is 18.1 Å². The number of nitrogens with two attached hydrogens (primary N) is 1. The molecule has 2 aromatic carbocycles. The van der Waals surface area contributed by atoms with Crippen molar-refractivity contribution in [1.29, 1.82) is 0 Å². The van der Waals surface area contributed by atoms with Crippen LogP contribution in [0.4, 0.5) is 5.69 Å². The normalized spacial score (nSPS) is 10.2. The van der Waals surface area contributed by atoms with Crippen molar-refractivity contribution < 1.29 is 23.8 Å². The summed E-state index contributed by atoms with van der Waals surface area (Å²) >= 11 is 6.18. The third-order valence-electron chi connectivity index (χ3n) is 3.45. The van der Waals surface area contributed by atoms with E-state index in [1.54, 1.807) is 18.2 Å². The molecule has 0 saturated heterocycles. The Labute approximate surface area is 162 Å². The largest absolute Gasteiger partial charge is 0.493 e. The van der Waals surface area contributed by atoms with Crippen molar-refractivity contribution in [2.75, 3.05) is 25.6 Å². The first kappa shape index (κ1) is 20.4. The summed E-state index contributed by atoms with van der Waals surface area (Å²) in [7, 11) is 1.40. The van der Waals surface area contributed by atoms with Gasteiger partial charge in [0.1, 0.15) is 5.75 Å². The van der Waals surface area contributed by atoms with Crippen LogP contribution in [0.25, 0.3) is 0 Å². The number of anilines is 1. The van der Waals surface area contributed by atoms with Crippen molar-refractivity contribution in [1.82, 2.24) is 0 Å². The van der Waals surface area contributed by atoms with Crippen LogP contribution < -0.4 is 25.3 Å². The van der Waals surface area contributed by atoms with Gasteiger partial charge in [-0.2, -0.15) is 0 Å². The molecule has 0 atom stereocenters. The summed E-state index contributed by atoms with van der Waals surface area (Å²) in [4.78, 5) is 23.5. The minimum Gasteiger partial charge on any atom is -0.493 e. The lowest BCUT2D eigenvalue weighted by molar-refractivity contribution is -0.119. The number of halogens is 1. The fourth-order valence-corrected chi connectivity index (χ4v) is 2.50. The second-order valence-corrected chi connectivity index (χ2v) is 5.95. The molecule has 0 aliphatic carbocycles. The third kappa shape index (κ3) is 5.52. The fourth-order valence-electron chi connectivity index (χ4n) is 2.24. The molecule has 0 heterocycles. The number of ether oxygens (including phenoxy) is 3. The van der Waals surface area contributed by atoms with E-state index in [1.807, 2.05) is 13.0 Å². The lowest BCUT2D eigenvalue weighted by Gasteiger charge is -2.15. The van der Waals surface area contributed by atoms with Crippen molar-refractivity contribution in [2.24, 2.45) is 5.73 Å². The molecule has 0 unspecified atom stereocenters. The number of hydrogen-bond donors (Lipinski definition) is 2. The highest BCUT2D eigenvalue weighted by Crippen LogP contribution is 2.37. The number of carbonyl (C=O) groups is 2. The minimum absolute atomic E-state index is 0.122. The van der Waals surface area contributed by atoms with Gasteiger partial charge in [0.05, 0.1) is 24.4 Å². The van der Waals surface area contributed by atoms with E-state index in [-0.39, 0.29) is 28.7 Å². The Hall–Kier alpha value is -2.93. The number of carbonyl (C=O) groups excluding carboxylic acids is 2. The van der Waals surface area contributed by atoms with Crippen LogP contribution in [0.2, 0.25) is 5.02 Å². The summed E-state index contributed by atoms with van der Waals surface area (Å²) < 4.78 is 16.1. The van der Waals surface area contributed by atoms with E-state index in [0.29, 0.717) is 18.0 Å². The molecule has 144 valence electrons. The summed E-state index contributed by atoms with van der Waals surface area (Å²) in [6, 6.07) is 10.0. The van der Waals surface area contributed by atoms with Gasteiger partial charge in [-0.05, 0) is 30.7 Å². The van der Waals surface area contributed by atoms with Gasteiger partial charge in [-0.1, -0.05) is 30.7 Å². The Morgan fingerprint density at radius 1 is 1.15 bits per heavy atom. The molecule has 8 heteroatoms. The van der Waals surface area contributed by atoms with Crippen LogP contribution in [0.3, 0.4) is 0 Å². The lowest BCUT2D eigenvalue weighted by atomic mass is 10.1. The molecule has 2 amide bonds. The van der Waals surface area contributed by atoms with Crippen molar-refractivity contribution >= 4 is 29.1 Å². The van der Waals surface area contributed by atoms with Gasteiger partial charge in [0, 0.05) is 5.56 Å². The molecule has 0 bridgehead atoms. The monoisotopic (exact) mass is 392 g/mol. The zero-order chi connectivity index (χ0) is 19.8. The van der Waals surface area contributed by atoms with Crippen LogP contribution in [-0.4, -0.2) is 32.1 Å². The minimum atomic E-state index is -0.654. The molecule has 0 fully saturated rings. The maximum Gasteiger partial charge on any atom is 0.255 e. The average Bonchev–Trinajstić information content (AvgIpc) is 2.65. The van der Waals surface area contributed by atoms with Gasteiger partial charge in [-0.15, -0.1) is 0 Å². The molecule has 7 nitrogen and oxygen atoms in total. The van der Waals surface area contributed by atoms with Crippen LogP contribution in [0.15, 0.2) is 36.4 Å². The van der Waals surface area contributed by atoms with Gasteiger partial charge in [-0.3, -0.25) is 9.59 Å². The van der Waals surface area contributed by atoms with E-state index >= 15 is 0 Å². The molecular formula is C19H21ClN2O5. The van der Waals surface area contributed by atoms with Crippen molar-refractivity contribution in [3.8, 4) is 17.2 Å². The van der Waals surface area contributed by atoms with Crippen LogP contribution >= 0.6 is 11.6 Å². The Kier molecular flexibility index (Phi) is 7.31. The average molecular weight is 393 g/mol. The standard InChI is InChI=1S/C19H21ClN2O5/c1-3-8-26-15-7-5-4-6-14(15)22-19(24)12-9-13(20)18(16(10-12)25-2)27-11-17(21)23/h4-7,9-10H,3,8,11H2,1-2H3,(H2,21,23)(H,22,24). The number of para-hydroxylation sites is 2. The van der Waals surface area contributed by atoms with E-state index < -0.39 is 11.8 Å². The molecule has 0 aliphatic rings. The molecule has 3 N–H and O–H groups in total. The number of benzene rings is 2. The van der Waals surface area contributed by atoms with E-state index in [9.17, 15) is 9.59 Å². The first-order valence-electron chi connectivity index (χ1n) is 8.28. The van der Waals surface area contributed by atoms with E-state index in [2.05, 4.69) is 5.32 Å². The van der Waals surface area contributed by atoms with Gasteiger partial charge >= 0.3 is 0 Å². The number of methoxy groups -OCH3 is 1. The molecule has 2 aromatic rings. The topological polar surface area (TPSA) is 99.9 Å². The van der Waals surface area contributed by atoms with Crippen LogP contribution in [0.5, 0.6) is 17.2 Å². The Balaban J connectivity index is 2.24. The Morgan fingerprint density at radius 3 is 2.56 bits per heavy atom. The number of nitrogens with one attached hydrogen (secondary N) is 1. The summed E-state index contributed by atoms with van der Waals surface area (Å²) in [6.07, 6.45) is 0.849. The van der Waals surface area contributed by atoms with E-state index in [1.165, 1.54) is 19.2 Å². The van der Waals surface area contributed by atoms with Gasteiger partial charge in [0.25, 0.3) is 11.8 Å². The first-order valence-corrected chi connectivity index (χ1v) is 8.65. The van der Waals surface area contributed by atoms with Crippen molar-refractivity contribution in [2.45, 2.75) is 13.3 Å². The summed E-state index contributed by atoms with van der Waals surface area (Å²) in [6.45, 7) is 2.18. The Morgan fingerprint density at radius 2 is 1.89 bits per heavy atom. The van der Waals surface area contributed by atoms with Crippen LogP contribution in [0.1, 0.15) is 23.7 Å². The molecule has 0 aliphatic heterocycles. The third-order valence-corrected chi connectivity index (χ3v) is 3.73. The second kappa shape index (κ2) is 9.68. The molecule has 27 heavy (non-hydrogen) atoms. The molecule has 0 saturated carbocycles. The highest BCUT2D eigenvalue weighted by Gasteiger charge is 2.17. The second-order valence-electron chi connectivity index (χ2n) is 5.54. The Bertz CT molecular complexity index is 826. The number of rotatable bonds is 9. The highest BCUT2D eigenvalue weighted by atomic mass is 35.5. The maximum atomic E-state index is 12.6. The van der Waals surface area contributed by atoms with Crippen molar-refractivity contribution in [3.05, 3.63) is 47.0 Å². The first-order chi connectivity index (χ1) is 13.0. The van der Waals surface area contributed by atoms with E-state index in [4.69, 9.17) is 31.5 Å². The lowest BCUT2D eigenvalue weighted by Crippen LogP contribution is -2.20. The van der Waals surface area contributed by atoms with Gasteiger partial charge in [0.2, 0.25) is 0 Å². The highest BCUT2D eigenvalue weighted by molar-refractivity contribution is 6.32. The van der Waals surface area contributed by atoms with Gasteiger partial charge < -0.3 is 25.3 Å². The number of amides is 2. The SMILES string of the molecule is CCCOc1ccccc1NC(=O)c1cc(Cl)c(OCC(N)=O)c(OC)c1. The van der Waals surface area contributed by atoms with E-state index in [0.717, 1.165) is 6.42 Å². The fraction of sp³-hybridized carbons (Fsp3) is 0.263. The number of primary amides is 1. The summed E-state index contributed by atoms with van der Waals surface area (Å²) in [5, 5.41) is 2.91. The number of hydrogen-bond acceptors (Lipinski definition) is 5. The van der Waals surface area contributed by atoms with Gasteiger partial charge in [-0.25, -0.2) is 0 Å². The molecular weight excluding hydrogens is 372 g/mol. The smallest absolute Gasteiger partial charge is 0.255 e. The van der Waals surface area contributed by atoms with Crippen LogP contribution in [0, 0.1) is 0 Å².